The fraction of sp³-hybridized carbons (Fsp3) is 0.417. The van der Waals surface area contributed by atoms with Gasteiger partial charge in [0.15, 0.2) is 0 Å². The fourth-order valence-corrected chi connectivity index (χ4v) is 3.66. The molecule has 0 aromatic heterocycles. The number of hydrogen-bond acceptors (Lipinski definition) is 5. The van der Waals surface area contributed by atoms with Crippen molar-refractivity contribution in [2.75, 3.05) is 11.5 Å². The number of aliphatic carboxylic acids is 1. The first-order valence-corrected chi connectivity index (χ1v) is 9.49. The van der Waals surface area contributed by atoms with Gasteiger partial charge in [-0.05, 0) is 18.6 Å². The largest absolute Gasteiger partial charge is 0.480 e. The molecule has 0 aliphatic heterocycles. The molecule has 0 aliphatic carbocycles. The molecule has 0 spiro atoms. The van der Waals surface area contributed by atoms with Crippen molar-refractivity contribution in [3.63, 3.8) is 0 Å². The van der Waals surface area contributed by atoms with Crippen LogP contribution in [0, 0.1) is 0 Å². The summed E-state index contributed by atoms with van der Waals surface area (Å²) in [6.07, 6.45) is -0.322. The highest BCUT2D eigenvalue weighted by Gasteiger charge is 2.26. The number of sulfone groups is 1. The highest BCUT2D eigenvalue weighted by atomic mass is 32.2. The number of carboxylic acids is 1. The first kappa shape index (κ1) is 17.6. The smallest absolute Gasteiger partial charge is 0.321 e. The van der Waals surface area contributed by atoms with Crippen LogP contribution in [0.5, 0.6) is 0 Å². The van der Waals surface area contributed by atoms with Crippen molar-refractivity contribution >= 4 is 25.8 Å². The van der Waals surface area contributed by atoms with Crippen molar-refractivity contribution < 1.29 is 26.7 Å². The third kappa shape index (κ3) is 5.44. The molecule has 0 saturated carbocycles. The van der Waals surface area contributed by atoms with E-state index in [0.29, 0.717) is 0 Å². The summed E-state index contributed by atoms with van der Waals surface area (Å²) in [7, 11) is -7.37. The van der Waals surface area contributed by atoms with Crippen LogP contribution in [-0.2, 0) is 24.7 Å². The Morgan fingerprint density at radius 3 is 2.24 bits per heavy atom. The van der Waals surface area contributed by atoms with Crippen LogP contribution in [0.25, 0.3) is 0 Å². The van der Waals surface area contributed by atoms with E-state index in [1.807, 2.05) is 4.72 Å². The predicted molar refractivity (Wildman–Crippen MR) is 77.1 cm³/mol. The molecular formula is C12H17NO6S2. The number of sulfonamides is 1. The summed E-state index contributed by atoms with van der Waals surface area (Å²) in [5, 5.41) is 9.03. The topological polar surface area (TPSA) is 118 Å². The molecule has 7 nitrogen and oxygen atoms in total. The normalized spacial score (nSPS) is 13.8. The van der Waals surface area contributed by atoms with Gasteiger partial charge in [-0.25, -0.2) is 16.8 Å². The van der Waals surface area contributed by atoms with Gasteiger partial charge < -0.3 is 5.11 Å². The standard InChI is InChI=1S/C12H17NO6S2/c1-2-20(16,17)9-8-11(12(14)15)13-21(18,19)10-6-4-3-5-7-10/h3-7,11,13H,2,8-9H2,1H3,(H,14,15). The maximum absolute atomic E-state index is 12.0. The molecule has 1 rings (SSSR count). The Hall–Kier alpha value is -1.45. The van der Waals surface area contributed by atoms with Crippen molar-refractivity contribution in [3.05, 3.63) is 30.3 Å². The zero-order valence-electron chi connectivity index (χ0n) is 11.4. The second kappa shape index (κ2) is 7.01. The Balaban J connectivity index is 2.87. The summed E-state index contributed by atoms with van der Waals surface area (Å²) < 4.78 is 48.8. The molecule has 1 atom stereocenters. The van der Waals surface area contributed by atoms with Crippen LogP contribution < -0.4 is 4.72 Å². The highest BCUT2D eigenvalue weighted by molar-refractivity contribution is 7.91. The Kier molecular flexibility index (Phi) is 5.87. The van der Waals surface area contributed by atoms with Gasteiger partial charge >= 0.3 is 5.97 Å². The van der Waals surface area contributed by atoms with E-state index in [9.17, 15) is 21.6 Å². The molecular weight excluding hydrogens is 318 g/mol. The Bertz CT molecular complexity index is 682. The van der Waals surface area contributed by atoms with E-state index in [1.54, 1.807) is 6.07 Å². The lowest BCUT2D eigenvalue weighted by Gasteiger charge is -2.14. The average molecular weight is 335 g/mol. The van der Waals surface area contributed by atoms with Crippen LogP contribution in [0.2, 0.25) is 0 Å². The second-order valence-electron chi connectivity index (χ2n) is 4.35. The van der Waals surface area contributed by atoms with Gasteiger partial charge in [-0.3, -0.25) is 4.79 Å². The van der Waals surface area contributed by atoms with Crippen molar-refractivity contribution in [1.29, 1.82) is 0 Å². The second-order valence-corrected chi connectivity index (χ2v) is 8.54. The van der Waals surface area contributed by atoms with Crippen LogP contribution in [0.3, 0.4) is 0 Å². The van der Waals surface area contributed by atoms with E-state index in [4.69, 9.17) is 5.11 Å². The number of carbonyl (C=O) groups is 1. The van der Waals surface area contributed by atoms with E-state index in [1.165, 1.54) is 31.2 Å². The predicted octanol–water partition coefficient (Wildman–Crippen LogP) is 0.243. The van der Waals surface area contributed by atoms with Crippen LogP contribution in [0.1, 0.15) is 13.3 Å². The van der Waals surface area contributed by atoms with Gasteiger partial charge in [0.1, 0.15) is 15.9 Å². The van der Waals surface area contributed by atoms with Gasteiger partial charge in [-0.1, -0.05) is 25.1 Å². The van der Waals surface area contributed by atoms with Crippen molar-refractivity contribution in [3.8, 4) is 0 Å². The minimum atomic E-state index is -4.00. The number of carboxylic acid groups (broad SMARTS) is 1. The molecule has 1 aromatic rings. The first-order chi connectivity index (χ1) is 9.68. The minimum Gasteiger partial charge on any atom is -0.480 e. The molecule has 1 aromatic carbocycles. The molecule has 0 saturated heterocycles. The zero-order valence-corrected chi connectivity index (χ0v) is 13.0. The summed E-state index contributed by atoms with van der Waals surface area (Å²) >= 11 is 0. The molecule has 21 heavy (non-hydrogen) atoms. The molecule has 118 valence electrons. The zero-order chi connectivity index (χ0) is 16.1. The molecule has 0 heterocycles. The maximum atomic E-state index is 12.0. The Morgan fingerprint density at radius 2 is 1.76 bits per heavy atom. The minimum absolute atomic E-state index is 0.0744. The third-order valence-corrected chi connectivity index (χ3v) is 6.03. The van der Waals surface area contributed by atoms with Gasteiger partial charge in [0.25, 0.3) is 0 Å². The van der Waals surface area contributed by atoms with Gasteiger partial charge in [0.05, 0.1) is 10.6 Å². The monoisotopic (exact) mass is 335 g/mol. The molecule has 0 radical (unpaired) electrons. The van der Waals surface area contributed by atoms with Crippen LogP contribution in [-0.4, -0.2) is 45.5 Å². The van der Waals surface area contributed by atoms with Crippen LogP contribution in [0.15, 0.2) is 35.2 Å². The number of benzene rings is 1. The van der Waals surface area contributed by atoms with Crippen molar-refractivity contribution in [1.82, 2.24) is 4.72 Å². The fourth-order valence-electron chi connectivity index (χ4n) is 1.53. The summed E-state index contributed by atoms with van der Waals surface area (Å²) in [5.41, 5.74) is 0. The summed E-state index contributed by atoms with van der Waals surface area (Å²) in [6, 6.07) is 5.80. The molecule has 1 unspecified atom stereocenters. The van der Waals surface area contributed by atoms with E-state index < -0.39 is 37.6 Å². The molecule has 9 heteroatoms. The lowest BCUT2D eigenvalue weighted by molar-refractivity contribution is -0.139. The Labute approximate surface area is 124 Å². The van der Waals surface area contributed by atoms with E-state index in [0.717, 1.165) is 0 Å². The first-order valence-electron chi connectivity index (χ1n) is 6.18. The maximum Gasteiger partial charge on any atom is 0.321 e. The molecule has 0 bridgehead atoms. The van der Waals surface area contributed by atoms with Gasteiger partial charge in [0, 0.05) is 5.75 Å². The lowest BCUT2D eigenvalue weighted by atomic mass is 10.2. The van der Waals surface area contributed by atoms with E-state index >= 15 is 0 Å². The molecule has 0 amide bonds. The summed E-state index contributed by atoms with van der Waals surface area (Å²) in [4.78, 5) is 11.0. The molecule has 0 fully saturated rings. The lowest BCUT2D eigenvalue weighted by Crippen LogP contribution is -2.41. The van der Waals surface area contributed by atoms with E-state index in [2.05, 4.69) is 0 Å². The molecule has 0 aliphatic rings. The number of hydrogen-bond donors (Lipinski definition) is 2. The highest BCUT2D eigenvalue weighted by Crippen LogP contribution is 2.10. The van der Waals surface area contributed by atoms with Crippen molar-refractivity contribution in [2.24, 2.45) is 0 Å². The van der Waals surface area contributed by atoms with E-state index in [-0.39, 0.29) is 17.1 Å². The van der Waals surface area contributed by atoms with Crippen molar-refractivity contribution in [2.45, 2.75) is 24.3 Å². The van der Waals surface area contributed by atoms with Gasteiger partial charge in [-0.2, -0.15) is 4.72 Å². The summed E-state index contributed by atoms with van der Waals surface area (Å²) in [5.74, 6) is -1.93. The van der Waals surface area contributed by atoms with Gasteiger partial charge in [-0.15, -0.1) is 0 Å². The molecule has 2 N–H and O–H groups in total. The van der Waals surface area contributed by atoms with Crippen LogP contribution in [0.4, 0.5) is 0 Å². The number of nitrogens with one attached hydrogen (secondary N) is 1. The van der Waals surface area contributed by atoms with Gasteiger partial charge in [0.2, 0.25) is 10.0 Å². The Morgan fingerprint density at radius 1 is 1.19 bits per heavy atom. The summed E-state index contributed by atoms with van der Waals surface area (Å²) in [6.45, 7) is 1.44. The third-order valence-electron chi connectivity index (χ3n) is 2.81. The SMILES string of the molecule is CCS(=O)(=O)CCC(NS(=O)(=O)c1ccccc1)C(=O)O. The number of rotatable bonds is 8. The quantitative estimate of drug-likeness (QED) is 0.703. The average Bonchev–Trinajstić information content (AvgIpc) is 2.44. The van der Waals surface area contributed by atoms with Crippen LogP contribution >= 0.6 is 0 Å².